The molecule has 0 heterocycles. The Bertz CT molecular complexity index is 224. The van der Waals surface area contributed by atoms with Gasteiger partial charge in [0.1, 0.15) is 0 Å². The van der Waals surface area contributed by atoms with Gasteiger partial charge in [-0.2, -0.15) is 0 Å². The fourth-order valence-electron chi connectivity index (χ4n) is 1.42. The van der Waals surface area contributed by atoms with Crippen molar-refractivity contribution in [2.45, 2.75) is 25.3 Å². The van der Waals surface area contributed by atoms with Crippen LogP contribution in [0, 0.1) is 0 Å². The second-order valence-electron chi connectivity index (χ2n) is 3.85. The Kier molecular flexibility index (Phi) is 5.12. The molecule has 0 unspecified atom stereocenters. The highest BCUT2D eigenvalue weighted by Crippen LogP contribution is 2.18. The van der Waals surface area contributed by atoms with Crippen molar-refractivity contribution in [2.24, 2.45) is 0 Å². The minimum atomic E-state index is 0.169. The first-order chi connectivity index (χ1) is 7.27. The van der Waals surface area contributed by atoms with Gasteiger partial charge in [-0.05, 0) is 12.8 Å². The summed E-state index contributed by atoms with van der Waals surface area (Å²) in [6.07, 6.45) is 6.58. The van der Waals surface area contributed by atoms with Crippen LogP contribution in [0.5, 0.6) is 0 Å². The maximum atomic E-state index is 11.7. The first kappa shape index (κ1) is 12.0. The Morgan fingerprint density at radius 3 is 2.40 bits per heavy atom. The summed E-state index contributed by atoms with van der Waals surface area (Å²) in [4.78, 5) is 13.5. The standard InChI is InChI=1S/C12H20N2O/c1-3-9-14(10-4-2)12(15)7-8-13-11-5-6-11/h3-4,11,13H,1-2,5-10H2. The van der Waals surface area contributed by atoms with Crippen LogP contribution in [-0.4, -0.2) is 36.5 Å². The van der Waals surface area contributed by atoms with Crippen molar-refractivity contribution >= 4 is 5.91 Å². The van der Waals surface area contributed by atoms with Crippen LogP contribution < -0.4 is 5.32 Å². The van der Waals surface area contributed by atoms with Gasteiger partial charge in [-0.25, -0.2) is 0 Å². The molecule has 1 aliphatic rings. The maximum Gasteiger partial charge on any atom is 0.224 e. The van der Waals surface area contributed by atoms with Gasteiger partial charge >= 0.3 is 0 Å². The normalized spacial score (nSPS) is 14.7. The molecule has 0 aromatic rings. The maximum absolute atomic E-state index is 11.7. The van der Waals surface area contributed by atoms with E-state index in [9.17, 15) is 4.79 Å². The largest absolute Gasteiger partial charge is 0.335 e. The third-order valence-electron chi connectivity index (χ3n) is 2.40. The highest BCUT2D eigenvalue weighted by atomic mass is 16.2. The molecule has 1 rings (SSSR count). The van der Waals surface area contributed by atoms with E-state index in [1.807, 2.05) is 0 Å². The molecule has 0 bridgehead atoms. The Balaban J connectivity index is 2.19. The number of nitrogens with one attached hydrogen (secondary N) is 1. The zero-order valence-corrected chi connectivity index (χ0v) is 9.24. The highest BCUT2D eigenvalue weighted by Gasteiger charge is 2.20. The lowest BCUT2D eigenvalue weighted by Crippen LogP contribution is -2.33. The number of hydrogen-bond donors (Lipinski definition) is 1. The van der Waals surface area contributed by atoms with E-state index in [1.165, 1.54) is 12.8 Å². The Morgan fingerprint density at radius 2 is 1.93 bits per heavy atom. The van der Waals surface area contributed by atoms with Gasteiger partial charge in [0.25, 0.3) is 0 Å². The van der Waals surface area contributed by atoms with Crippen LogP contribution in [0.4, 0.5) is 0 Å². The molecule has 0 aromatic heterocycles. The van der Waals surface area contributed by atoms with Crippen LogP contribution in [-0.2, 0) is 4.79 Å². The fourth-order valence-corrected chi connectivity index (χ4v) is 1.42. The molecular formula is C12H20N2O. The molecule has 15 heavy (non-hydrogen) atoms. The first-order valence-corrected chi connectivity index (χ1v) is 5.51. The lowest BCUT2D eigenvalue weighted by molar-refractivity contribution is -0.130. The van der Waals surface area contributed by atoms with Gasteiger partial charge in [0.15, 0.2) is 0 Å². The lowest BCUT2D eigenvalue weighted by atomic mass is 10.3. The lowest BCUT2D eigenvalue weighted by Gasteiger charge is -2.19. The molecule has 3 nitrogen and oxygen atoms in total. The van der Waals surface area contributed by atoms with Gasteiger partial charge in [0.2, 0.25) is 5.91 Å². The summed E-state index contributed by atoms with van der Waals surface area (Å²) in [5.41, 5.74) is 0. The molecule has 1 amide bonds. The zero-order chi connectivity index (χ0) is 11.1. The third kappa shape index (κ3) is 4.79. The van der Waals surface area contributed by atoms with E-state index in [0.717, 1.165) is 6.54 Å². The van der Waals surface area contributed by atoms with Crippen molar-refractivity contribution in [1.29, 1.82) is 0 Å². The smallest absolute Gasteiger partial charge is 0.224 e. The van der Waals surface area contributed by atoms with Crippen LogP contribution in [0.25, 0.3) is 0 Å². The van der Waals surface area contributed by atoms with Crippen LogP contribution >= 0.6 is 0 Å². The molecule has 0 spiro atoms. The number of hydrogen-bond acceptors (Lipinski definition) is 2. The molecule has 3 heteroatoms. The molecule has 1 N–H and O–H groups in total. The van der Waals surface area contributed by atoms with Crippen molar-refractivity contribution in [3.8, 4) is 0 Å². The van der Waals surface area contributed by atoms with Crippen molar-refractivity contribution in [3.63, 3.8) is 0 Å². The summed E-state index contributed by atoms with van der Waals surface area (Å²) < 4.78 is 0. The van der Waals surface area contributed by atoms with Crippen LogP contribution in [0.15, 0.2) is 25.3 Å². The topological polar surface area (TPSA) is 32.3 Å². The molecular weight excluding hydrogens is 188 g/mol. The van der Waals surface area contributed by atoms with E-state index in [0.29, 0.717) is 25.6 Å². The van der Waals surface area contributed by atoms with E-state index in [2.05, 4.69) is 18.5 Å². The van der Waals surface area contributed by atoms with E-state index in [-0.39, 0.29) is 5.91 Å². The first-order valence-electron chi connectivity index (χ1n) is 5.51. The molecule has 0 aromatic carbocycles. The van der Waals surface area contributed by atoms with E-state index >= 15 is 0 Å². The molecule has 1 fully saturated rings. The second kappa shape index (κ2) is 6.40. The van der Waals surface area contributed by atoms with Crippen LogP contribution in [0.2, 0.25) is 0 Å². The summed E-state index contributed by atoms with van der Waals surface area (Å²) in [5, 5.41) is 3.33. The fraction of sp³-hybridized carbons (Fsp3) is 0.583. The third-order valence-corrected chi connectivity index (χ3v) is 2.40. The summed E-state index contributed by atoms with van der Waals surface area (Å²) in [6.45, 7) is 9.28. The minimum absolute atomic E-state index is 0.169. The average molecular weight is 208 g/mol. The SMILES string of the molecule is C=CCN(CC=C)C(=O)CCNC1CC1. The molecule has 0 saturated heterocycles. The summed E-state index contributed by atoms with van der Waals surface area (Å²) in [5.74, 6) is 0.169. The predicted molar refractivity (Wildman–Crippen MR) is 62.6 cm³/mol. The molecule has 1 saturated carbocycles. The second-order valence-corrected chi connectivity index (χ2v) is 3.85. The number of amides is 1. The van der Waals surface area contributed by atoms with Crippen molar-refractivity contribution < 1.29 is 4.79 Å². The Hall–Kier alpha value is -1.09. The molecule has 1 aliphatic carbocycles. The van der Waals surface area contributed by atoms with Gasteiger partial charge in [-0.1, -0.05) is 12.2 Å². The van der Waals surface area contributed by atoms with E-state index in [4.69, 9.17) is 0 Å². The van der Waals surface area contributed by atoms with Gasteiger partial charge in [-0.3, -0.25) is 4.79 Å². The molecule has 0 atom stereocenters. The van der Waals surface area contributed by atoms with E-state index in [1.54, 1.807) is 17.1 Å². The molecule has 0 aliphatic heterocycles. The highest BCUT2D eigenvalue weighted by molar-refractivity contribution is 5.76. The minimum Gasteiger partial charge on any atom is -0.335 e. The average Bonchev–Trinajstić information content (AvgIpc) is 3.01. The van der Waals surface area contributed by atoms with Crippen LogP contribution in [0.3, 0.4) is 0 Å². The molecule has 0 radical (unpaired) electrons. The van der Waals surface area contributed by atoms with Gasteiger partial charge < -0.3 is 10.2 Å². The number of nitrogens with zero attached hydrogens (tertiary/aromatic N) is 1. The van der Waals surface area contributed by atoms with Gasteiger partial charge in [-0.15, -0.1) is 13.2 Å². The van der Waals surface area contributed by atoms with Crippen molar-refractivity contribution in [1.82, 2.24) is 10.2 Å². The quantitative estimate of drug-likeness (QED) is 0.610. The van der Waals surface area contributed by atoms with Crippen LogP contribution in [0.1, 0.15) is 19.3 Å². The zero-order valence-electron chi connectivity index (χ0n) is 9.24. The Morgan fingerprint density at radius 1 is 1.33 bits per heavy atom. The van der Waals surface area contributed by atoms with E-state index < -0.39 is 0 Å². The van der Waals surface area contributed by atoms with Crippen molar-refractivity contribution in [2.75, 3.05) is 19.6 Å². The Labute approximate surface area is 91.8 Å². The number of carbonyl (C=O) groups excluding carboxylic acids is 1. The summed E-state index contributed by atoms with van der Waals surface area (Å²) in [7, 11) is 0. The monoisotopic (exact) mass is 208 g/mol. The van der Waals surface area contributed by atoms with Crippen molar-refractivity contribution in [3.05, 3.63) is 25.3 Å². The molecule has 84 valence electrons. The summed E-state index contributed by atoms with van der Waals surface area (Å²) >= 11 is 0. The van der Waals surface area contributed by atoms with Gasteiger partial charge in [0.05, 0.1) is 0 Å². The number of carbonyl (C=O) groups is 1. The number of rotatable bonds is 8. The van der Waals surface area contributed by atoms with Gasteiger partial charge in [0, 0.05) is 32.1 Å². The predicted octanol–water partition coefficient (Wildman–Crippen LogP) is 1.33. The summed E-state index contributed by atoms with van der Waals surface area (Å²) in [6, 6.07) is 0.671.